The number of aryl methyl sites for hydroxylation is 3. The van der Waals surface area contributed by atoms with Crippen molar-refractivity contribution in [1.29, 1.82) is 0 Å². The number of piperidine rings is 1. The van der Waals surface area contributed by atoms with Crippen LogP contribution in [0.5, 0.6) is 0 Å². The van der Waals surface area contributed by atoms with Crippen LogP contribution in [0.2, 0.25) is 0 Å². The van der Waals surface area contributed by atoms with E-state index in [1.807, 2.05) is 30.9 Å². The van der Waals surface area contributed by atoms with Crippen LogP contribution in [0.3, 0.4) is 0 Å². The largest absolute Gasteiger partial charge is 0.352 e. The molecule has 2 aromatic carbocycles. The summed E-state index contributed by atoms with van der Waals surface area (Å²) in [7, 11) is 0. The fourth-order valence-electron chi connectivity index (χ4n) is 4.55. The van der Waals surface area contributed by atoms with Crippen molar-refractivity contribution in [2.75, 3.05) is 13.1 Å². The van der Waals surface area contributed by atoms with Gasteiger partial charge in [0.2, 0.25) is 5.91 Å². The SMILES string of the molecule is Cc1ccc(-c2nc(C)c(C(=O)N3CCC([C@H](C)C(=O)NCc4cccc(C)c4)CC3)s2)cc1. The molecular formula is C28H33N3O2S. The van der Waals surface area contributed by atoms with Crippen molar-refractivity contribution >= 4 is 23.2 Å². The van der Waals surface area contributed by atoms with Gasteiger partial charge in [0.1, 0.15) is 9.88 Å². The van der Waals surface area contributed by atoms with Crippen molar-refractivity contribution in [3.63, 3.8) is 0 Å². The molecule has 0 spiro atoms. The van der Waals surface area contributed by atoms with Crippen LogP contribution in [0.1, 0.15) is 51.8 Å². The molecule has 0 radical (unpaired) electrons. The molecule has 6 heteroatoms. The predicted molar refractivity (Wildman–Crippen MR) is 138 cm³/mol. The summed E-state index contributed by atoms with van der Waals surface area (Å²) in [6, 6.07) is 16.4. The molecule has 3 aromatic rings. The van der Waals surface area contributed by atoms with Crippen molar-refractivity contribution in [1.82, 2.24) is 15.2 Å². The summed E-state index contributed by atoms with van der Waals surface area (Å²) in [5.74, 6) is 0.364. The van der Waals surface area contributed by atoms with Gasteiger partial charge < -0.3 is 10.2 Å². The number of hydrogen-bond acceptors (Lipinski definition) is 4. The van der Waals surface area contributed by atoms with E-state index in [2.05, 4.69) is 60.5 Å². The third-order valence-electron chi connectivity index (χ3n) is 6.79. The molecule has 0 aliphatic carbocycles. The van der Waals surface area contributed by atoms with Gasteiger partial charge in [0, 0.05) is 31.1 Å². The average molecular weight is 476 g/mol. The predicted octanol–water partition coefficient (Wildman–Crippen LogP) is 5.54. The number of rotatable bonds is 6. The molecular weight excluding hydrogens is 442 g/mol. The molecule has 1 aliphatic rings. The number of aromatic nitrogens is 1. The minimum absolute atomic E-state index is 0.0587. The number of nitrogens with zero attached hydrogens (tertiary/aromatic N) is 2. The van der Waals surface area contributed by atoms with E-state index >= 15 is 0 Å². The van der Waals surface area contributed by atoms with E-state index in [4.69, 9.17) is 0 Å². The van der Waals surface area contributed by atoms with Crippen LogP contribution < -0.4 is 5.32 Å². The Labute approximate surface area is 206 Å². The molecule has 2 heterocycles. The molecule has 1 aromatic heterocycles. The van der Waals surface area contributed by atoms with Gasteiger partial charge in [0.15, 0.2) is 0 Å². The third-order valence-corrected chi connectivity index (χ3v) is 7.98. The topological polar surface area (TPSA) is 62.3 Å². The Kier molecular flexibility index (Phi) is 7.47. The summed E-state index contributed by atoms with van der Waals surface area (Å²) in [6.07, 6.45) is 1.68. The van der Waals surface area contributed by atoms with Gasteiger partial charge in [-0.1, -0.05) is 66.6 Å². The van der Waals surface area contributed by atoms with Crippen molar-refractivity contribution in [3.8, 4) is 10.6 Å². The molecule has 1 N–H and O–H groups in total. The Morgan fingerprint density at radius 2 is 1.76 bits per heavy atom. The molecule has 1 aliphatic heterocycles. The summed E-state index contributed by atoms with van der Waals surface area (Å²) < 4.78 is 0. The van der Waals surface area contributed by atoms with Gasteiger partial charge in [-0.25, -0.2) is 4.98 Å². The van der Waals surface area contributed by atoms with E-state index < -0.39 is 0 Å². The van der Waals surface area contributed by atoms with Gasteiger partial charge in [0.05, 0.1) is 5.69 Å². The maximum atomic E-state index is 13.2. The summed E-state index contributed by atoms with van der Waals surface area (Å²) >= 11 is 1.47. The molecule has 0 unspecified atom stereocenters. The highest BCUT2D eigenvalue weighted by Crippen LogP contribution is 2.31. The van der Waals surface area contributed by atoms with Crippen LogP contribution in [0.15, 0.2) is 48.5 Å². The Balaban J connectivity index is 1.32. The number of carbonyl (C=O) groups is 2. The van der Waals surface area contributed by atoms with Gasteiger partial charge in [-0.15, -0.1) is 11.3 Å². The van der Waals surface area contributed by atoms with Crippen molar-refractivity contribution in [2.45, 2.75) is 47.1 Å². The zero-order valence-corrected chi connectivity index (χ0v) is 21.2. The number of likely N-dealkylation sites (tertiary alicyclic amines) is 1. The van der Waals surface area contributed by atoms with E-state index in [1.54, 1.807) is 0 Å². The van der Waals surface area contributed by atoms with Gasteiger partial charge in [0.25, 0.3) is 5.91 Å². The zero-order valence-electron chi connectivity index (χ0n) is 20.4. The molecule has 2 amide bonds. The summed E-state index contributed by atoms with van der Waals surface area (Å²) in [4.78, 5) is 33.3. The first-order chi connectivity index (χ1) is 16.3. The van der Waals surface area contributed by atoms with Crippen molar-refractivity contribution in [3.05, 3.63) is 75.8 Å². The van der Waals surface area contributed by atoms with Gasteiger partial charge in [-0.2, -0.15) is 0 Å². The minimum Gasteiger partial charge on any atom is -0.352 e. The van der Waals surface area contributed by atoms with Crippen molar-refractivity contribution < 1.29 is 9.59 Å². The van der Waals surface area contributed by atoms with Crippen molar-refractivity contribution in [2.24, 2.45) is 11.8 Å². The fourth-order valence-corrected chi connectivity index (χ4v) is 5.59. The number of thiazole rings is 1. The normalized spacial score (nSPS) is 15.2. The highest BCUT2D eigenvalue weighted by Gasteiger charge is 2.31. The molecule has 1 fully saturated rings. The first-order valence-corrected chi connectivity index (χ1v) is 12.8. The monoisotopic (exact) mass is 475 g/mol. The maximum absolute atomic E-state index is 13.2. The smallest absolute Gasteiger partial charge is 0.265 e. The summed E-state index contributed by atoms with van der Waals surface area (Å²) in [5, 5.41) is 3.97. The number of carbonyl (C=O) groups excluding carboxylic acids is 2. The second kappa shape index (κ2) is 10.5. The van der Waals surface area contributed by atoms with Crippen LogP contribution in [0, 0.1) is 32.6 Å². The molecule has 34 heavy (non-hydrogen) atoms. The van der Waals surface area contributed by atoms with E-state index in [-0.39, 0.29) is 23.7 Å². The lowest BCUT2D eigenvalue weighted by atomic mass is 9.84. The lowest BCUT2D eigenvalue weighted by Gasteiger charge is -2.34. The Morgan fingerprint density at radius 3 is 2.44 bits per heavy atom. The third kappa shape index (κ3) is 5.55. The first-order valence-electron chi connectivity index (χ1n) is 12.0. The van der Waals surface area contributed by atoms with E-state index in [0.29, 0.717) is 19.6 Å². The zero-order chi connectivity index (χ0) is 24.2. The van der Waals surface area contributed by atoms with E-state index in [1.165, 1.54) is 22.5 Å². The minimum atomic E-state index is -0.0691. The quantitative estimate of drug-likeness (QED) is 0.509. The summed E-state index contributed by atoms with van der Waals surface area (Å²) in [5.41, 5.74) is 5.35. The highest BCUT2D eigenvalue weighted by molar-refractivity contribution is 7.17. The molecule has 1 saturated heterocycles. The van der Waals surface area contributed by atoms with E-state index in [9.17, 15) is 9.59 Å². The van der Waals surface area contributed by atoms with Crippen LogP contribution >= 0.6 is 11.3 Å². The molecule has 0 bridgehead atoms. The fraction of sp³-hybridized carbons (Fsp3) is 0.393. The Morgan fingerprint density at radius 1 is 1.06 bits per heavy atom. The lowest BCUT2D eigenvalue weighted by molar-refractivity contribution is -0.126. The van der Waals surface area contributed by atoms with Gasteiger partial charge in [-0.05, 0) is 45.1 Å². The second-order valence-corrected chi connectivity index (χ2v) is 10.4. The van der Waals surface area contributed by atoms with E-state index in [0.717, 1.165) is 39.5 Å². The van der Waals surface area contributed by atoms with Crippen LogP contribution in [0.25, 0.3) is 10.6 Å². The molecule has 4 rings (SSSR count). The molecule has 0 saturated carbocycles. The number of nitrogens with one attached hydrogen (secondary N) is 1. The molecule has 1 atom stereocenters. The van der Waals surface area contributed by atoms with Gasteiger partial charge in [-0.3, -0.25) is 9.59 Å². The highest BCUT2D eigenvalue weighted by atomic mass is 32.1. The Hall–Kier alpha value is -2.99. The van der Waals surface area contributed by atoms with Gasteiger partial charge >= 0.3 is 0 Å². The van der Waals surface area contributed by atoms with Crippen LogP contribution in [0.4, 0.5) is 0 Å². The first kappa shape index (κ1) is 24.1. The second-order valence-electron chi connectivity index (χ2n) is 9.42. The Bertz CT molecular complexity index is 1160. The van der Waals surface area contributed by atoms with Crippen LogP contribution in [-0.4, -0.2) is 34.8 Å². The summed E-state index contributed by atoms with van der Waals surface area (Å²) in [6.45, 7) is 9.94. The molecule has 5 nitrogen and oxygen atoms in total. The number of hydrogen-bond donors (Lipinski definition) is 1. The lowest BCUT2D eigenvalue weighted by Crippen LogP contribution is -2.42. The number of benzene rings is 2. The standard InChI is InChI=1S/C28H33N3O2S/c1-18-8-10-24(11-9-18)27-30-21(4)25(34-27)28(33)31-14-12-23(13-15-31)20(3)26(32)29-17-22-7-5-6-19(2)16-22/h5-11,16,20,23H,12-15,17H2,1-4H3,(H,29,32)/t20-/m0/s1. The maximum Gasteiger partial charge on any atom is 0.265 e. The number of amides is 2. The van der Waals surface area contributed by atoms with Crippen LogP contribution in [-0.2, 0) is 11.3 Å². The average Bonchev–Trinajstić information content (AvgIpc) is 3.23. The molecule has 178 valence electrons.